The van der Waals surface area contributed by atoms with Gasteiger partial charge in [-0.1, -0.05) is 42.3 Å². The van der Waals surface area contributed by atoms with E-state index in [9.17, 15) is 4.79 Å². The van der Waals surface area contributed by atoms with E-state index >= 15 is 0 Å². The molecule has 2 nitrogen and oxygen atoms in total. The summed E-state index contributed by atoms with van der Waals surface area (Å²) in [6, 6.07) is 0. The summed E-state index contributed by atoms with van der Waals surface area (Å²) in [4.78, 5) is 13.8. The number of allylic oxidation sites excluding steroid dienone is 1. The van der Waals surface area contributed by atoms with Gasteiger partial charge in [-0.3, -0.25) is 4.79 Å². The third kappa shape index (κ3) is 2.79. The Labute approximate surface area is 143 Å². The standard InChI is InChI=1S/C19H29BrO2/c1-12(9-15-10-13(2)18(21)22-15)16-6-7-17-14(11-20)5-4-8-19(16,17)3/h11-13,15-17H,4-10H2,1-3H3/b14-11+/t12-,13+,15?,16?,17?,19?/m1/s1. The van der Waals surface area contributed by atoms with Gasteiger partial charge in [0.1, 0.15) is 6.10 Å². The Morgan fingerprint density at radius 3 is 2.86 bits per heavy atom. The number of rotatable bonds is 3. The fourth-order valence-electron chi connectivity index (χ4n) is 5.69. The van der Waals surface area contributed by atoms with Crippen molar-refractivity contribution < 1.29 is 9.53 Å². The first-order chi connectivity index (χ1) is 10.5. The van der Waals surface area contributed by atoms with Crippen molar-refractivity contribution in [2.45, 2.75) is 71.8 Å². The van der Waals surface area contributed by atoms with Crippen molar-refractivity contribution in [3.63, 3.8) is 0 Å². The molecular formula is C19H29BrO2. The smallest absolute Gasteiger partial charge is 0.309 e. The quantitative estimate of drug-likeness (QED) is 0.618. The van der Waals surface area contributed by atoms with Crippen LogP contribution in [0.25, 0.3) is 0 Å². The van der Waals surface area contributed by atoms with Crippen LogP contribution in [-0.4, -0.2) is 12.1 Å². The van der Waals surface area contributed by atoms with Crippen molar-refractivity contribution in [1.29, 1.82) is 0 Å². The Morgan fingerprint density at radius 1 is 1.45 bits per heavy atom. The van der Waals surface area contributed by atoms with Gasteiger partial charge in [-0.05, 0) is 73.1 Å². The van der Waals surface area contributed by atoms with Crippen LogP contribution in [0.2, 0.25) is 0 Å². The first kappa shape index (κ1) is 16.5. The molecule has 2 saturated carbocycles. The van der Waals surface area contributed by atoms with Crippen molar-refractivity contribution in [2.75, 3.05) is 0 Å². The van der Waals surface area contributed by atoms with Crippen LogP contribution in [0.15, 0.2) is 10.6 Å². The van der Waals surface area contributed by atoms with E-state index in [1.807, 2.05) is 6.92 Å². The van der Waals surface area contributed by atoms with E-state index in [0.29, 0.717) is 11.3 Å². The molecule has 3 rings (SSSR count). The molecule has 0 radical (unpaired) electrons. The molecule has 22 heavy (non-hydrogen) atoms. The minimum atomic E-state index is 0.00915. The van der Waals surface area contributed by atoms with E-state index in [0.717, 1.165) is 24.7 Å². The summed E-state index contributed by atoms with van der Waals surface area (Å²) in [5.41, 5.74) is 2.08. The molecule has 3 aliphatic rings. The molecule has 3 heteroatoms. The molecule has 2 aliphatic carbocycles. The van der Waals surface area contributed by atoms with Crippen LogP contribution >= 0.6 is 15.9 Å². The second kappa shape index (κ2) is 6.30. The largest absolute Gasteiger partial charge is 0.462 e. The average molecular weight is 369 g/mol. The van der Waals surface area contributed by atoms with Crippen LogP contribution < -0.4 is 0 Å². The fraction of sp³-hybridized carbons (Fsp3) is 0.842. The molecule has 1 heterocycles. The van der Waals surface area contributed by atoms with E-state index in [-0.39, 0.29) is 18.0 Å². The molecule has 0 aromatic rings. The zero-order valence-electron chi connectivity index (χ0n) is 14.1. The van der Waals surface area contributed by atoms with Crippen LogP contribution in [0.3, 0.4) is 0 Å². The van der Waals surface area contributed by atoms with Gasteiger partial charge in [0.15, 0.2) is 0 Å². The van der Waals surface area contributed by atoms with Gasteiger partial charge >= 0.3 is 5.97 Å². The molecule has 0 aromatic carbocycles. The van der Waals surface area contributed by atoms with Crippen LogP contribution in [0.5, 0.6) is 0 Å². The number of hydrogen-bond acceptors (Lipinski definition) is 2. The first-order valence-corrected chi connectivity index (χ1v) is 9.87. The lowest BCUT2D eigenvalue weighted by atomic mass is 9.61. The number of fused-ring (bicyclic) bond motifs is 1. The molecule has 0 aromatic heterocycles. The monoisotopic (exact) mass is 368 g/mol. The molecule has 0 N–H and O–H groups in total. The molecular weight excluding hydrogens is 340 g/mol. The molecule has 4 unspecified atom stereocenters. The van der Waals surface area contributed by atoms with Gasteiger partial charge in [0.25, 0.3) is 0 Å². The Kier molecular flexibility index (Phi) is 4.74. The zero-order valence-corrected chi connectivity index (χ0v) is 15.7. The van der Waals surface area contributed by atoms with Crippen molar-refractivity contribution in [2.24, 2.45) is 29.1 Å². The summed E-state index contributed by atoms with van der Waals surface area (Å²) >= 11 is 3.59. The lowest BCUT2D eigenvalue weighted by Crippen LogP contribution is -2.36. The Bertz CT molecular complexity index is 472. The van der Waals surface area contributed by atoms with E-state index < -0.39 is 0 Å². The second-order valence-corrected chi connectivity index (χ2v) is 8.65. The van der Waals surface area contributed by atoms with E-state index in [1.165, 1.54) is 32.1 Å². The highest BCUT2D eigenvalue weighted by Gasteiger charge is 2.51. The first-order valence-electron chi connectivity index (χ1n) is 8.95. The van der Waals surface area contributed by atoms with Crippen molar-refractivity contribution in [3.8, 4) is 0 Å². The molecule has 0 amide bonds. The van der Waals surface area contributed by atoms with Gasteiger partial charge in [0, 0.05) is 0 Å². The Morgan fingerprint density at radius 2 is 2.23 bits per heavy atom. The van der Waals surface area contributed by atoms with Crippen LogP contribution in [0.1, 0.15) is 65.7 Å². The third-order valence-electron chi connectivity index (χ3n) is 6.80. The summed E-state index contributed by atoms with van der Waals surface area (Å²) < 4.78 is 5.56. The number of hydrogen-bond donors (Lipinski definition) is 0. The predicted molar refractivity (Wildman–Crippen MR) is 92.6 cm³/mol. The minimum absolute atomic E-state index is 0.00915. The zero-order chi connectivity index (χ0) is 15.9. The molecule has 6 atom stereocenters. The predicted octanol–water partition coefficient (Wildman–Crippen LogP) is 5.46. The SMILES string of the molecule is C[C@H](CC1C[C@H](C)C(=O)O1)C1CCC2/C(=C/Br)CCCC21C. The Balaban J connectivity index is 1.68. The summed E-state index contributed by atoms with van der Waals surface area (Å²) in [6.07, 6.45) is 8.76. The maximum Gasteiger partial charge on any atom is 0.309 e. The molecule has 124 valence electrons. The summed E-state index contributed by atoms with van der Waals surface area (Å²) in [5.74, 6) is 2.29. The molecule has 3 fully saturated rings. The van der Waals surface area contributed by atoms with Crippen molar-refractivity contribution in [3.05, 3.63) is 10.6 Å². The minimum Gasteiger partial charge on any atom is -0.462 e. The van der Waals surface area contributed by atoms with Crippen LogP contribution in [0.4, 0.5) is 0 Å². The number of halogens is 1. The van der Waals surface area contributed by atoms with Gasteiger partial charge < -0.3 is 4.74 Å². The van der Waals surface area contributed by atoms with Crippen LogP contribution in [0, 0.1) is 29.1 Å². The highest BCUT2D eigenvalue weighted by Crippen LogP contribution is 2.60. The number of esters is 1. The topological polar surface area (TPSA) is 26.3 Å². The van der Waals surface area contributed by atoms with Crippen LogP contribution in [-0.2, 0) is 9.53 Å². The van der Waals surface area contributed by atoms with E-state index in [1.54, 1.807) is 5.57 Å². The summed E-state index contributed by atoms with van der Waals surface area (Å²) in [5, 5.41) is 0. The summed E-state index contributed by atoms with van der Waals surface area (Å²) in [7, 11) is 0. The third-order valence-corrected chi connectivity index (χ3v) is 7.39. The number of cyclic esters (lactones) is 1. The van der Waals surface area contributed by atoms with E-state index in [4.69, 9.17) is 4.74 Å². The number of ether oxygens (including phenoxy) is 1. The van der Waals surface area contributed by atoms with Gasteiger partial charge in [0.2, 0.25) is 0 Å². The second-order valence-electron chi connectivity index (χ2n) is 8.19. The Hall–Kier alpha value is -0.310. The normalized spacial score (nSPS) is 44.9. The van der Waals surface area contributed by atoms with Gasteiger partial charge in [-0.25, -0.2) is 0 Å². The molecule has 0 bridgehead atoms. The fourth-order valence-corrected chi connectivity index (χ4v) is 6.24. The van der Waals surface area contributed by atoms with Crippen molar-refractivity contribution >= 4 is 21.9 Å². The molecule has 1 saturated heterocycles. The highest BCUT2D eigenvalue weighted by molar-refractivity contribution is 9.11. The number of carbonyl (C=O) groups is 1. The summed E-state index contributed by atoms with van der Waals surface area (Å²) in [6.45, 7) is 6.90. The lowest BCUT2D eigenvalue weighted by Gasteiger charge is -2.44. The number of carbonyl (C=O) groups excluding carboxylic acids is 1. The average Bonchev–Trinajstić information content (AvgIpc) is 2.98. The maximum atomic E-state index is 11.6. The lowest BCUT2D eigenvalue weighted by molar-refractivity contribution is -0.144. The van der Waals surface area contributed by atoms with Crippen molar-refractivity contribution in [1.82, 2.24) is 0 Å². The van der Waals surface area contributed by atoms with Gasteiger partial charge in [0.05, 0.1) is 5.92 Å². The molecule has 0 spiro atoms. The maximum absolute atomic E-state index is 11.6. The van der Waals surface area contributed by atoms with E-state index in [2.05, 4.69) is 34.8 Å². The van der Waals surface area contributed by atoms with Gasteiger partial charge in [-0.15, -0.1) is 0 Å². The van der Waals surface area contributed by atoms with Gasteiger partial charge in [-0.2, -0.15) is 0 Å². The molecule has 1 aliphatic heterocycles. The highest BCUT2D eigenvalue weighted by atomic mass is 79.9.